The number of hydrogen-bond donors (Lipinski definition) is 1. The van der Waals surface area contributed by atoms with Gasteiger partial charge in [0, 0.05) is 0 Å². The Labute approximate surface area is 111 Å². The molecule has 0 aromatic carbocycles. The minimum atomic E-state index is 0.687. The van der Waals surface area contributed by atoms with E-state index in [1.165, 1.54) is 31.3 Å². The number of allylic oxidation sites excluding steroid dienone is 7. The Morgan fingerprint density at radius 3 is 3.00 bits per heavy atom. The number of rotatable bonds is 4. The van der Waals surface area contributed by atoms with Gasteiger partial charge in [0.2, 0.25) is 0 Å². The first-order valence-corrected chi connectivity index (χ1v) is 7.23. The first-order valence-electron chi connectivity index (χ1n) is 6.60. The Morgan fingerprint density at radius 2 is 2.24 bits per heavy atom. The minimum absolute atomic E-state index is 0.687. The molecular weight excluding hydrogens is 224 g/mol. The normalized spacial score (nSPS) is 32.3. The molecule has 92 valence electrons. The molecule has 0 N–H and O–H groups in total. The molecule has 17 heavy (non-hydrogen) atoms. The van der Waals surface area contributed by atoms with E-state index >= 15 is 0 Å². The van der Waals surface area contributed by atoms with Crippen molar-refractivity contribution in [1.82, 2.24) is 0 Å². The van der Waals surface area contributed by atoms with Crippen LogP contribution < -0.4 is 0 Å². The van der Waals surface area contributed by atoms with Crippen molar-refractivity contribution in [2.24, 2.45) is 17.8 Å². The van der Waals surface area contributed by atoms with Crippen LogP contribution in [0.5, 0.6) is 0 Å². The lowest BCUT2D eigenvalue weighted by Gasteiger charge is -2.28. The maximum atomic E-state index is 4.42. The van der Waals surface area contributed by atoms with Crippen LogP contribution in [-0.4, -0.2) is 5.75 Å². The maximum absolute atomic E-state index is 4.42. The van der Waals surface area contributed by atoms with Gasteiger partial charge in [0.05, 0.1) is 0 Å². The predicted molar refractivity (Wildman–Crippen MR) is 79.4 cm³/mol. The third kappa shape index (κ3) is 3.38. The molecule has 0 saturated carbocycles. The van der Waals surface area contributed by atoms with Crippen molar-refractivity contribution in [1.29, 1.82) is 0 Å². The van der Waals surface area contributed by atoms with E-state index in [1.54, 1.807) is 0 Å². The van der Waals surface area contributed by atoms with Gasteiger partial charge in [-0.05, 0) is 54.8 Å². The molecule has 3 unspecified atom stereocenters. The molecule has 0 aliphatic heterocycles. The zero-order valence-electron chi connectivity index (χ0n) is 10.4. The molecule has 0 aromatic rings. The van der Waals surface area contributed by atoms with E-state index in [2.05, 4.69) is 49.6 Å². The first-order chi connectivity index (χ1) is 8.33. The second-order valence-corrected chi connectivity index (χ2v) is 5.54. The highest BCUT2D eigenvalue weighted by Gasteiger charge is 2.22. The van der Waals surface area contributed by atoms with E-state index in [9.17, 15) is 0 Å². The van der Waals surface area contributed by atoms with Gasteiger partial charge >= 0.3 is 0 Å². The topological polar surface area (TPSA) is 0 Å². The average Bonchev–Trinajstić information content (AvgIpc) is 2.39. The zero-order chi connectivity index (χ0) is 12.1. The summed E-state index contributed by atoms with van der Waals surface area (Å²) in [6.07, 6.45) is 18.4. The van der Waals surface area contributed by atoms with Crippen LogP contribution in [-0.2, 0) is 0 Å². The molecule has 0 heterocycles. The fourth-order valence-electron chi connectivity index (χ4n) is 2.96. The Balaban J connectivity index is 1.93. The number of hydrogen-bond acceptors (Lipinski definition) is 1. The molecule has 0 saturated heterocycles. The van der Waals surface area contributed by atoms with Gasteiger partial charge in [-0.25, -0.2) is 0 Å². The van der Waals surface area contributed by atoms with E-state index < -0.39 is 0 Å². The van der Waals surface area contributed by atoms with Crippen LogP contribution in [0.2, 0.25) is 0 Å². The molecule has 3 atom stereocenters. The lowest BCUT2D eigenvalue weighted by molar-refractivity contribution is 0.347. The van der Waals surface area contributed by atoms with Gasteiger partial charge < -0.3 is 0 Å². The summed E-state index contributed by atoms with van der Waals surface area (Å²) in [5.74, 6) is 3.20. The third-order valence-electron chi connectivity index (χ3n) is 3.92. The summed E-state index contributed by atoms with van der Waals surface area (Å²) >= 11 is 4.42. The van der Waals surface area contributed by atoms with Gasteiger partial charge in [-0.2, -0.15) is 12.6 Å². The van der Waals surface area contributed by atoms with Crippen LogP contribution in [0.25, 0.3) is 0 Å². The maximum Gasteiger partial charge on any atom is -0.00347 e. The Bertz CT molecular complexity index is 349. The van der Waals surface area contributed by atoms with E-state index in [-0.39, 0.29) is 0 Å². The summed E-state index contributed by atoms with van der Waals surface area (Å²) in [5.41, 5.74) is 1.42. The Hall–Kier alpha value is -0.690. The highest BCUT2D eigenvalue weighted by molar-refractivity contribution is 7.80. The molecule has 2 aliphatic rings. The summed E-state index contributed by atoms with van der Waals surface area (Å²) in [5, 5.41) is 0. The van der Waals surface area contributed by atoms with Crippen LogP contribution >= 0.6 is 12.6 Å². The van der Waals surface area contributed by atoms with E-state index in [1.807, 2.05) is 6.08 Å². The molecule has 2 rings (SSSR count). The Morgan fingerprint density at radius 1 is 1.35 bits per heavy atom. The van der Waals surface area contributed by atoms with Gasteiger partial charge in [0.1, 0.15) is 0 Å². The highest BCUT2D eigenvalue weighted by atomic mass is 32.1. The molecule has 0 amide bonds. The monoisotopic (exact) mass is 246 g/mol. The van der Waals surface area contributed by atoms with Gasteiger partial charge in [-0.3, -0.25) is 0 Å². The molecular formula is C16H22S. The predicted octanol–water partition coefficient (Wildman–Crippen LogP) is 4.58. The molecule has 2 aliphatic carbocycles. The summed E-state index contributed by atoms with van der Waals surface area (Å²) in [6, 6.07) is 0. The summed E-state index contributed by atoms with van der Waals surface area (Å²) in [6.45, 7) is 3.93. The van der Waals surface area contributed by atoms with Crippen molar-refractivity contribution in [3.63, 3.8) is 0 Å². The first kappa shape index (κ1) is 12.8. The smallest absolute Gasteiger partial charge is 0.00347 e. The largest absolute Gasteiger partial charge is 0.179 e. The molecule has 0 bridgehead atoms. The lowest BCUT2D eigenvalue weighted by atomic mass is 9.77. The SMILES string of the molecule is C=CC1=CC=CCC1CC1CC=CC(CS)C1. The van der Waals surface area contributed by atoms with Crippen molar-refractivity contribution in [2.75, 3.05) is 5.75 Å². The molecule has 0 fully saturated rings. The molecule has 1 heteroatoms. The molecule has 0 nitrogen and oxygen atoms in total. The van der Waals surface area contributed by atoms with Crippen LogP contribution in [0.3, 0.4) is 0 Å². The number of thiol groups is 1. The van der Waals surface area contributed by atoms with Gasteiger partial charge in [-0.1, -0.05) is 43.0 Å². The quantitative estimate of drug-likeness (QED) is 0.545. The van der Waals surface area contributed by atoms with Crippen LogP contribution in [0.1, 0.15) is 25.7 Å². The fourth-order valence-corrected chi connectivity index (χ4v) is 3.23. The summed E-state index contributed by atoms with van der Waals surface area (Å²) < 4.78 is 0. The van der Waals surface area contributed by atoms with Crippen molar-refractivity contribution in [2.45, 2.75) is 25.7 Å². The summed E-state index contributed by atoms with van der Waals surface area (Å²) in [7, 11) is 0. The van der Waals surface area contributed by atoms with Crippen molar-refractivity contribution >= 4 is 12.6 Å². The van der Waals surface area contributed by atoms with Crippen LogP contribution in [0, 0.1) is 17.8 Å². The van der Waals surface area contributed by atoms with Crippen LogP contribution in [0.4, 0.5) is 0 Å². The highest BCUT2D eigenvalue weighted by Crippen LogP contribution is 2.34. The van der Waals surface area contributed by atoms with Crippen molar-refractivity contribution in [3.8, 4) is 0 Å². The van der Waals surface area contributed by atoms with E-state index in [0.29, 0.717) is 11.8 Å². The molecule has 0 radical (unpaired) electrons. The molecule has 0 spiro atoms. The summed E-state index contributed by atoms with van der Waals surface area (Å²) in [4.78, 5) is 0. The second kappa shape index (κ2) is 6.30. The van der Waals surface area contributed by atoms with Crippen molar-refractivity contribution < 1.29 is 0 Å². The fraction of sp³-hybridized carbons (Fsp3) is 0.500. The van der Waals surface area contributed by atoms with Crippen molar-refractivity contribution in [3.05, 3.63) is 48.6 Å². The van der Waals surface area contributed by atoms with E-state index in [4.69, 9.17) is 0 Å². The van der Waals surface area contributed by atoms with Gasteiger partial charge in [0.25, 0.3) is 0 Å². The average molecular weight is 246 g/mol. The Kier molecular flexibility index (Phi) is 4.73. The zero-order valence-corrected chi connectivity index (χ0v) is 11.3. The minimum Gasteiger partial charge on any atom is -0.179 e. The van der Waals surface area contributed by atoms with Gasteiger partial charge in [-0.15, -0.1) is 0 Å². The standard InChI is InChI=1S/C16H22S/c1-2-15-8-3-4-9-16(15)11-13-6-5-7-14(10-13)12-17/h2-5,7-8,13-14,16-17H,1,6,9-12H2. The van der Waals surface area contributed by atoms with Gasteiger partial charge in [0.15, 0.2) is 0 Å². The van der Waals surface area contributed by atoms with E-state index in [0.717, 1.165) is 11.7 Å². The second-order valence-electron chi connectivity index (χ2n) is 5.18. The third-order valence-corrected chi connectivity index (χ3v) is 4.39. The molecule has 0 aromatic heterocycles. The van der Waals surface area contributed by atoms with Crippen LogP contribution in [0.15, 0.2) is 48.6 Å². The lowest BCUT2D eigenvalue weighted by Crippen LogP contribution is -2.17.